The number of ether oxygens (including phenoxy) is 1. The molecule has 0 heterocycles. The summed E-state index contributed by atoms with van der Waals surface area (Å²) in [6.07, 6.45) is 0. The highest BCUT2D eigenvalue weighted by Crippen LogP contribution is 2.31. The van der Waals surface area contributed by atoms with E-state index in [-0.39, 0.29) is 0 Å². The van der Waals surface area contributed by atoms with Crippen LogP contribution in [0.25, 0.3) is 22.3 Å². The zero-order chi connectivity index (χ0) is 14.7. The van der Waals surface area contributed by atoms with Crippen molar-refractivity contribution in [1.29, 1.82) is 0 Å². The van der Waals surface area contributed by atoms with Crippen LogP contribution in [-0.4, -0.2) is 7.11 Å². The van der Waals surface area contributed by atoms with Crippen molar-refractivity contribution in [2.75, 3.05) is 7.11 Å². The first-order valence-corrected chi connectivity index (χ1v) is 7.08. The summed E-state index contributed by atoms with van der Waals surface area (Å²) in [5.41, 5.74) is 6.05. The molecule has 21 heavy (non-hydrogen) atoms. The third-order valence-corrected chi connectivity index (χ3v) is 3.69. The lowest BCUT2D eigenvalue weighted by atomic mass is 9.99. The lowest BCUT2D eigenvalue weighted by Crippen LogP contribution is -1.87. The molecular formula is C20H18O. The van der Waals surface area contributed by atoms with Gasteiger partial charge in [0.05, 0.1) is 7.11 Å². The predicted octanol–water partition coefficient (Wildman–Crippen LogP) is 5.34. The fourth-order valence-corrected chi connectivity index (χ4v) is 2.47. The molecule has 104 valence electrons. The number of para-hydroxylation sites is 1. The monoisotopic (exact) mass is 274 g/mol. The molecule has 0 unspecified atom stereocenters. The van der Waals surface area contributed by atoms with Crippen LogP contribution in [0.1, 0.15) is 5.56 Å². The zero-order valence-electron chi connectivity index (χ0n) is 12.3. The van der Waals surface area contributed by atoms with Gasteiger partial charge in [-0.25, -0.2) is 0 Å². The van der Waals surface area contributed by atoms with Crippen molar-refractivity contribution < 1.29 is 4.74 Å². The maximum absolute atomic E-state index is 5.43. The Morgan fingerprint density at radius 3 is 1.76 bits per heavy atom. The van der Waals surface area contributed by atoms with E-state index in [9.17, 15) is 0 Å². The van der Waals surface area contributed by atoms with E-state index >= 15 is 0 Å². The fraction of sp³-hybridized carbons (Fsp3) is 0.100. The van der Waals surface area contributed by atoms with Crippen molar-refractivity contribution in [2.24, 2.45) is 0 Å². The van der Waals surface area contributed by atoms with Gasteiger partial charge in [0, 0.05) is 5.56 Å². The molecule has 0 aromatic heterocycles. The van der Waals surface area contributed by atoms with E-state index in [1.165, 1.54) is 22.3 Å². The number of methoxy groups -OCH3 is 1. The van der Waals surface area contributed by atoms with E-state index in [4.69, 9.17) is 4.74 Å². The Morgan fingerprint density at radius 1 is 0.619 bits per heavy atom. The summed E-state index contributed by atoms with van der Waals surface area (Å²) < 4.78 is 5.43. The highest BCUT2D eigenvalue weighted by Gasteiger charge is 2.05. The predicted molar refractivity (Wildman–Crippen MR) is 88.6 cm³/mol. The van der Waals surface area contributed by atoms with E-state index in [0.717, 1.165) is 11.3 Å². The van der Waals surface area contributed by atoms with Crippen LogP contribution < -0.4 is 4.74 Å². The second-order valence-corrected chi connectivity index (χ2v) is 5.14. The minimum absolute atomic E-state index is 0.903. The normalized spacial score (nSPS) is 10.4. The maximum atomic E-state index is 5.43. The van der Waals surface area contributed by atoms with Crippen molar-refractivity contribution in [3.63, 3.8) is 0 Å². The summed E-state index contributed by atoms with van der Waals surface area (Å²) in [6.45, 7) is 2.11. The smallest absolute Gasteiger partial charge is 0.126 e. The molecule has 3 aromatic carbocycles. The summed E-state index contributed by atoms with van der Waals surface area (Å²) >= 11 is 0. The third kappa shape index (κ3) is 2.82. The van der Waals surface area contributed by atoms with E-state index < -0.39 is 0 Å². The molecular weight excluding hydrogens is 256 g/mol. The molecule has 0 aliphatic rings. The van der Waals surface area contributed by atoms with Gasteiger partial charge in [-0.2, -0.15) is 0 Å². The average molecular weight is 274 g/mol. The van der Waals surface area contributed by atoms with Crippen LogP contribution >= 0.6 is 0 Å². The van der Waals surface area contributed by atoms with Crippen LogP contribution in [0.4, 0.5) is 0 Å². The maximum Gasteiger partial charge on any atom is 0.126 e. The molecule has 0 bridgehead atoms. The molecule has 0 N–H and O–H groups in total. The Morgan fingerprint density at radius 2 is 1.14 bits per heavy atom. The van der Waals surface area contributed by atoms with Crippen molar-refractivity contribution in [3.05, 3.63) is 78.4 Å². The fourth-order valence-electron chi connectivity index (χ4n) is 2.47. The van der Waals surface area contributed by atoms with Crippen LogP contribution in [0.5, 0.6) is 5.75 Å². The number of aryl methyl sites for hydroxylation is 1. The topological polar surface area (TPSA) is 9.23 Å². The molecule has 0 fully saturated rings. The molecule has 3 aromatic rings. The quantitative estimate of drug-likeness (QED) is 0.626. The lowest BCUT2D eigenvalue weighted by molar-refractivity contribution is 0.416. The Bertz CT molecular complexity index is 725. The standard InChI is InChI=1S/C20H18O/c1-15-7-9-16(10-8-15)17-11-13-18(14-12-17)19-5-3-4-6-20(19)21-2/h3-14H,1-2H3. The summed E-state index contributed by atoms with van der Waals surface area (Å²) in [6, 6.07) is 25.3. The largest absolute Gasteiger partial charge is 0.496 e. The van der Waals surface area contributed by atoms with Gasteiger partial charge in [-0.15, -0.1) is 0 Å². The van der Waals surface area contributed by atoms with Crippen molar-refractivity contribution >= 4 is 0 Å². The molecule has 3 rings (SSSR count). The Balaban J connectivity index is 1.95. The number of hydrogen-bond donors (Lipinski definition) is 0. The van der Waals surface area contributed by atoms with Crippen LogP contribution in [0, 0.1) is 6.92 Å². The molecule has 0 saturated carbocycles. The van der Waals surface area contributed by atoms with Gasteiger partial charge >= 0.3 is 0 Å². The molecule has 0 aliphatic carbocycles. The first-order chi connectivity index (χ1) is 10.3. The summed E-state index contributed by atoms with van der Waals surface area (Å²) in [5.74, 6) is 0.903. The number of benzene rings is 3. The molecule has 1 heteroatoms. The Hall–Kier alpha value is -2.54. The minimum Gasteiger partial charge on any atom is -0.496 e. The molecule has 1 nitrogen and oxygen atoms in total. The molecule has 0 amide bonds. The van der Waals surface area contributed by atoms with Gasteiger partial charge in [0.1, 0.15) is 5.75 Å². The molecule has 0 saturated heterocycles. The highest BCUT2D eigenvalue weighted by atomic mass is 16.5. The van der Waals surface area contributed by atoms with Gasteiger partial charge in [0.2, 0.25) is 0 Å². The van der Waals surface area contributed by atoms with E-state index in [1.807, 2.05) is 18.2 Å². The van der Waals surface area contributed by atoms with Gasteiger partial charge in [0.25, 0.3) is 0 Å². The molecule has 0 spiro atoms. The van der Waals surface area contributed by atoms with Gasteiger partial charge < -0.3 is 4.74 Å². The lowest BCUT2D eigenvalue weighted by Gasteiger charge is -2.09. The molecule has 0 radical (unpaired) electrons. The second kappa shape index (κ2) is 5.84. The first-order valence-electron chi connectivity index (χ1n) is 7.08. The van der Waals surface area contributed by atoms with Gasteiger partial charge in [-0.3, -0.25) is 0 Å². The molecule has 0 atom stereocenters. The third-order valence-electron chi connectivity index (χ3n) is 3.69. The van der Waals surface area contributed by atoms with Crippen molar-refractivity contribution in [2.45, 2.75) is 6.92 Å². The van der Waals surface area contributed by atoms with E-state index in [1.54, 1.807) is 7.11 Å². The number of hydrogen-bond acceptors (Lipinski definition) is 1. The van der Waals surface area contributed by atoms with Gasteiger partial charge in [-0.1, -0.05) is 72.3 Å². The van der Waals surface area contributed by atoms with Crippen LogP contribution in [-0.2, 0) is 0 Å². The van der Waals surface area contributed by atoms with Gasteiger partial charge in [-0.05, 0) is 29.7 Å². The molecule has 0 aliphatic heterocycles. The number of rotatable bonds is 3. The minimum atomic E-state index is 0.903. The second-order valence-electron chi connectivity index (χ2n) is 5.14. The summed E-state index contributed by atoms with van der Waals surface area (Å²) in [7, 11) is 1.71. The van der Waals surface area contributed by atoms with Crippen LogP contribution in [0.15, 0.2) is 72.8 Å². The van der Waals surface area contributed by atoms with E-state index in [2.05, 4.69) is 61.5 Å². The Labute approximate surface area is 125 Å². The van der Waals surface area contributed by atoms with Crippen molar-refractivity contribution in [1.82, 2.24) is 0 Å². The average Bonchev–Trinajstić information content (AvgIpc) is 2.56. The highest BCUT2D eigenvalue weighted by molar-refractivity contribution is 5.74. The first kappa shape index (κ1) is 13.4. The van der Waals surface area contributed by atoms with Crippen LogP contribution in [0.2, 0.25) is 0 Å². The SMILES string of the molecule is COc1ccccc1-c1ccc(-c2ccc(C)cc2)cc1. The zero-order valence-corrected chi connectivity index (χ0v) is 12.3. The van der Waals surface area contributed by atoms with Crippen molar-refractivity contribution in [3.8, 4) is 28.0 Å². The Kier molecular flexibility index (Phi) is 3.74. The van der Waals surface area contributed by atoms with Gasteiger partial charge in [0.15, 0.2) is 0 Å². The van der Waals surface area contributed by atoms with Crippen LogP contribution in [0.3, 0.4) is 0 Å². The van der Waals surface area contributed by atoms with E-state index in [0.29, 0.717) is 0 Å². The summed E-state index contributed by atoms with van der Waals surface area (Å²) in [5, 5.41) is 0. The summed E-state index contributed by atoms with van der Waals surface area (Å²) in [4.78, 5) is 0.